The maximum Gasteiger partial charge on any atom is 0.164 e. The minimum atomic E-state index is 0.585. The molecule has 2 aromatic heterocycles. The molecule has 2 heterocycles. The van der Waals surface area contributed by atoms with Gasteiger partial charge < -0.3 is 4.42 Å². The molecule has 266 valence electrons. The molecule has 0 aliphatic carbocycles. The first kappa shape index (κ1) is 32.7. The topological polar surface area (TPSA) is 51.8 Å². The predicted octanol–water partition coefficient (Wildman–Crippen LogP) is 14.1. The fourth-order valence-electron chi connectivity index (χ4n) is 7.97. The second-order valence-electron chi connectivity index (χ2n) is 14.4. The lowest BCUT2D eigenvalue weighted by atomic mass is 9.96. The lowest BCUT2D eigenvalue weighted by Crippen LogP contribution is -2.00. The maximum absolute atomic E-state index is 6.56. The minimum Gasteiger partial charge on any atom is -0.456 e. The molecule has 57 heavy (non-hydrogen) atoms. The Kier molecular flexibility index (Phi) is 7.78. The molecule has 11 rings (SSSR count). The van der Waals surface area contributed by atoms with Crippen molar-refractivity contribution in [1.82, 2.24) is 15.0 Å². The average Bonchev–Trinajstić information content (AvgIpc) is 3.67. The normalized spacial score (nSPS) is 11.5. The van der Waals surface area contributed by atoms with E-state index in [0.29, 0.717) is 17.5 Å². The predicted molar refractivity (Wildman–Crippen MR) is 235 cm³/mol. The van der Waals surface area contributed by atoms with E-state index in [9.17, 15) is 0 Å². The highest BCUT2D eigenvalue weighted by atomic mass is 16.3. The van der Waals surface area contributed by atoms with Gasteiger partial charge in [-0.15, -0.1) is 0 Å². The van der Waals surface area contributed by atoms with Gasteiger partial charge in [0.1, 0.15) is 11.2 Å². The summed E-state index contributed by atoms with van der Waals surface area (Å²) in [6, 6.07) is 70.1. The third-order valence-corrected chi connectivity index (χ3v) is 10.9. The Morgan fingerprint density at radius 3 is 1.47 bits per heavy atom. The van der Waals surface area contributed by atoms with Crippen molar-refractivity contribution in [3.8, 4) is 67.5 Å². The molecule has 9 aromatic carbocycles. The summed E-state index contributed by atoms with van der Waals surface area (Å²) in [7, 11) is 0. The van der Waals surface area contributed by atoms with Crippen LogP contribution in [0.3, 0.4) is 0 Å². The number of rotatable bonds is 6. The van der Waals surface area contributed by atoms with Crippen molar-refractivity contribution in [1.29, 1.82) is 0 Å². The Labute approximate surface area is 329 Å². The van der Waals surface area contributed by atoms with Gasteiger partial charge in [0.15, 0.2) is 17.5 Å². The van der Waals surface area contributed by atoms with Gasteiger partial charge in [-0.2, -0.15) is 0 Å². The van der Waals surface area contributed by atoms with Crippen LogP contribution in [0.15, 0.2) is 205 Å². The fourth-order valence-corrected chi connectivity index (χ4v) is 7.97. The van der Waals surface area contributed by atoms with Gasteiger partial charge in [-0.1, -0.05) is 164 Å². The van der Waals surface area contributed by atoms with Gasteiger partial charge in [0.25, 0.3) is 0 Å². The molecule has 0 saturated heterocycles. The van der Waals surface area contributed by atoms with E-state index in [1.807, 2.05) is 36.4 Å². The van der Waals surface area contributed by atoms with Crippen molar-refractivity contribution in [2.24, 2.45) is 0 Å². The molecule has 0 N–H and O–H groups in total. The van der Waals surface area contributed by atoms with Gasteiger partial charge in [0, 0.05) is 27.5 Å². The zero-order valence-corrected chi connectivity index (χ0v) is 30.8. The van der Waals surface area contributed by atoms with Crippen LogP contribution in [0, 0.1) is 0 Å². The van der Waals surface area contributed by atoms with E-state index in [2.05, 4.69) is 164 Å². The van der Waals surface area contributed by atoms with Crippen LogP contribution in [0.25, 0.3) is 111 Å². The van der Waals surface area contributed by atoms with Gasteiger partial charge in [-0.3, -0.25) is 0 Å². The van der Waals surface area contributed by atoms with E-state index in [0.717, 1.165) is 60.9 Å². The number of furan rings is 1. The quantitative estimate of drug-likeness (QED) is 0.171. The third-order valence-electron chi connectivity index (χ3n) is 10.9. The molecule has 0 aliphatic heterocycles. The molecule has 4 heteroatoms. The van der Waals surface area contributed by atoms with Gasteiger partial charge in [-0.25, -0.2) is 15.0 Å². The largest absolute Gasteiger partial charge is 0.456 e. The highest BCUT2D eigenvalue weighted by molar-refractivity contribution is 6.13. The molecule has 0 bridgehead atoms. The molecule has 0 amide bonds. The van der Waals surface area contributed by atoms with E-state index in [4.69, 9.17) is 19.4 Å². The Bertz CT molecular complexity index is 3290. The SMILES string of the molecule is c1ccc(-c2nc(-c3cccc(-c4ccc5ccccc5c4)c3)nc(-c3ccc4c(c3)oc3cccc(-c5ccc(-c6ccc7ccccc7c6)cc5)c34)n2)cc1. The standard InChI is InChI=1S/C53H33N3O/c1-2-12-38(13-3-1)51-54-52(44-17-8-16-41(32-44)43-27-23-35-11-5-7-15-40(35)31-43)56-53(55-51)45-28-29-47-49(33-45)57-48-19-9-18-46(50(47)48)37-24-20-36(21-25-37)42-26-22-34-10-4-6-14-39(34)30-42/h1-33H. The summed E-state index contributed by atoms with van der Waals surface area (Å²) in [6.07, 6.45) is 0. The zero-order chi connectivity index (χ0) is 37.7. The lowest BCUT2D eigenvalue weighted by molar-refractivity contribution is 0.669. The van der Waals surface area contributed by atoms with E-state index in [1.165, 1.54) is 32.7 Å². The average molecular weight is 728 g/mol. The summed E-state index contributed by atoms with van der Waals surface area (Å²) in [6.45, 7) is 0. The molecule has 0 spiro atoms. The van der Waals surface area contributed by atoms with Crippen LogP contribution in [0.5, 0.6) is 0 Å². The number of nitrogens with zero attached hydrogens (tertiary/aromatic N) is 3. The molecule has 0 fully saturated rings. The van der Waals surface area contributed by atoms with Crippen molar-refractivity contribution in [3.63, 3.8) is 0 Å². The lowest BCUT2D eigenvalue weighted by Gasteiger charge is -2.10. The number of aromatic nitrogens is 3. The van der Waals surface area contributed by atoms with Gasteiger partial charge >= 0.3 is 0 Å². The van der Waals surface area contributed by atoms with Crippen LogP contribution in [0.2, 0.25) is 0 Å². The van der Waals surface area contributed by atoms with Crippen molar-refractivity contribution >= 4 is 43.5 Å². The second-order valence-corrected chi connectivity index (χ2v) is 14.4. The molecular weight excluding hydrogens is 695 g/mol. The summed E-state index contributed by atoms with van der Waals surface area (Å²) in [5, 5.41) is 7.04. The summed E-state index contributed by atoms with van der Waals surface area (Å²) in [4.78, 5) is 15.1. The van der Waals surface area contributed by atoms with Crippen LogP contribution in [-0.4, -0.2) is 15.0 Å². The van der Waals surface area contributed by atoms with Gasteiger partial charge in [0.05, 0.1) is 0 Å². The minimum absolute atomic E-state index is 0.585. The second kappa shape index (κ2) is 13.6. The summed E-state index contributed by atoms with van der Waals surface area (Å²) < 4.78 is 6.56. The first-order chi connectivity index (χ1) is 28.2. The molecule has 0 aliphatic rings. The Morgan fingerprint density at radius 2 is 0.772 bits per heavy atom. The molecule has 0 atom stereocenters. The smallest absolute Gasteiger partial charge is 0.164 e. The third kappa shape index (κ3) is 6.01. The van der Waals surface area contributed by atoms with Crippen LogP contribution in [0.1, 0.15) is 0 Å². The highest BCUT2D eigenvalue weighted by Gasteiger charge is 2.17. The summed E-state index contributed by atoms with van der Waals surface area (Å²) >= 11 is 0. The van der Waals surface area contributed by atoms with Gasteiger partial charge in [0.2, 0.25) is 0 Å². The van der Waals surface area contributed by atoms with E-state index >= 15 is 0 Å². The maximum atomic E-state index is 6.56. The molecule has 4 nitrogen and oxygen atoms in total. The first-order valence-electron chi connectivity index (χ1n) is 19.2. The van der Waals surface area contributed by atoms with E-state index < -0.39 is 0 Å². The van der Waals surface area contributed by atoms with Crippen LogP contribution in [0.4, 0.5) is 0 Å². The highest BCUT2D eigenvalue weighted by Crippen LogP contribution is 2.39. The van der Waals surface area contributed by atoms with E-state index in [1.54, 1.807) is 0 Å². The number of benzene rings is 9. The van der Waals surface area contributed by atoms with E-state index in [-0.39, 0.29) is 0 Å². The first-order valence-corrected chi connectivity index (χ1v) is 19.2. The number of hydrogen-bond acceptors (Lipinski definition) is 4. The fraction of sp³-hybridized carbons (Fsp3) is 0. The van der Waals surface area contributed by atoms with Crippen LogP contribution >= 0.6 is 0 Å². The molecule has 0 radical (unpaired) electrons. The number of hydrogen-bond donors (Lipinski definition) is 0. The molecular formula is C53H33N3O. The van der Waals surface area contributed by atoms with Crippen molar-refractivity contribution in [3.05, 3.63) is 200 Å². The summed E-state index contributed by atoms with van der Waals surface area (Å²) in [5.74, 6) is 1.81. The van der Waals surface area contributed by atoms with Gasteiger partial charge in [-0.05, 0) is 91.3 Å². The number of fused-ring (bicyclic) bond motifs is 5. The van der Waals surface area contributed by atoms with Crippen molar-refractivity contribution in [2.45, 2.75) is 0 Å². The Balaban J connectivity index is 0.981. The van der Waals surface area contributed by atoms with Crippen molar-refractivity contribution < 1.29 is 4.42 Å². The molecule has 11 aromatic rings. The monoisotopic (exact) mass is 727 g/mol. The zero-order valence-electron chi connectivity index (χ0n) is 30.8. The Morgan fingerprint density at radius 1 is 0.281 bits per heavy atom. The molecule has 0 unspecified atom stereocenters. The summed E-state index contributed by atoms with van der Waals surface area (Å²) in [5.41, 5.74) is 11.2. The van der Waals surface area contributed by atoms with Crippen molar-refractivity contribution in [2.75, 3.05) is 0 Å². The van der Waals surface area contributed by atoms with Crippen LogP contribution in [-0.2, 0) is 0 Å². The molecule has 0 saturated carbocycles. The van der Waals surface area contributed by atoms with Crippen LogP contribution < -0.4 is 0 Å². The Hall–Kier alpha value is -7.69.